The number of nitriles is 1. The van der Waals surface area contributed by atoms with E-state index < -0.39 is 0 Å². The highest BCUT2D eigenvalue weighted by molar-refractivity contribution is 5.65. The van der Waals surface area contributed by atoms with Crippen LogP contribution in [-0.2, 0) is 6.54 Å². The van der Waals surface area contributed by atoms with Gasteiger partial charge in [0, 0.05) is 37.1 Å². The van der Waals surface area contributed by atoms with Crippen LogP contribution in [0, 0.1) is 17.2 Å². The maximum Gasteiger partial charge on any atom is 0.102 e. The molecular formula is C16H20N4. The quantitative estimate of drug-likeness (QED) is 0.926. The van der Waals surface area contributed by atoms with Gasteiger partial charge >= 0.3 is 0 Å². The number of pyridine rings is 1. The minimum absolute atomic E-state index is 0.540. The Balaban J connectivity index is 1.90. The first-order valence-corrected chi connectivity index (χ1v) is 7.15. The molecule has 104 valence electrons. The van der Waals surface area contributed by atoms with Crippen molar-refractivity contribution in [2.24, 2.45) is 11.7 Å². The second-order valence-corrected chi connectivity index (χ2v) is 5.75. The molecule has 0 spiro atoms. The highest BCUT2D eigenvalue weighted by Crippen LogP contribution is 2.26. The van der Waals surface area contributed by atoms with Gasteiger partial charge in [0.2, 0.25) is 0 Å². The lowest BCUT2D eigenvalue weighted by atomic mass is 10.1. The van der Waals surface area contributed by atoms with E-state index in [1.807, 2.05) is 28.8 Å². The number of hydrogen-bond donors (Lipinski definition) is 1. The lowest BCUT2D eigenvalue weighted by Crippen LogP contribution is -2.27. The van der Waals surface area contributed by atoms with E-state index in [1.165, 1.54) is 0 Å². The second-order valence-electron chi connectivity index (χ2n) is 5.75. The summed E-state index contributed by atoms with van der Waals surface area (Å²) in [4.78, 5) is 2.44. The van der Waals surface area contributed by atoms with Gasteiger partial charge in [-0.1, -0.05) is 6.07 Å². The fourth-order valence-electron chi connectivity index (χ4n) is 3.25. The number of aromatic nitrogens is 1. The Kier molecular flexibility index (Phi) is 3.47. The summed E-state index contributed by atoms with van der Waals surface area (Å²) in [5.74, 6) is 0.590. The van der Waals surface area contributed by atoms with E-state index in [4.69, 9.17) is 5.73 Å². The molecule has 0 radical (unpaired) electrons. The van der Waals surface area contributed by atoms with Crippen molar-refractivity contribution in [2.75, 3.05) is 13.1 Å². The summed E-state index contributed by atoms with van der Waals surface area (Å²) >= 11 is 0. The fourth-order valence-corrected chi connectivity index (χ4v) is 3.25. The third kappa shape index (κ3) is 2.20. The fraction of sp³-hybridized carbons (Fsp3) is 0.438. The lowest BCUT2D eigenvalue weighted by Gasteiger charge is -2.20. The zero-order valence-electron chi connectivity index (χ0n) is 11.8. The third-order valence-electron chi connectivity index (χ3n) is 4.37. The Bertz CT molecular complexity index is 652. The summed E-state index contributed by atoms with van der Waals surface area (Å²) in [6, 6.07) is 8.86. The third-order valence-corrected chi connectivity index (χ3v) is 4.37. The van der Waals surface area contributed by atoms with Gasteiger partial charge in [-0.05, 0) is 37.9 Å². The molecule has 0 saturated carbocycles. The van der Waals surface area contributed by atoms with Crippen LogP contribution >= 0.6 is 0 Å². The molecule has 0 aromatic carbocycles. The standard InChI is InChI=1S/C16H20N4/c1-12-6-13(7-17)9-20(12)11-14-10-19-5-3-2-4-16(19)15(14)8-18/h2-5,10,12-13H,6-7,9,11,17H2,1H3. The zero-order chi connectivity index (χ0) is 14.1. The van der Waals surface area contributed by atoms with E-state index in [0.29, 0.717) is 12.0 Å². The molecule has 4 nitrogen and oxygen atoms in total. The normalized spacial score (nSPS) is 23.2. The molecule has 2 aromatic rings. The largest absolute Gasteiger partial charge is 0.330 e. The molecule has 3 heterocycles. The number of rotatable bonds is 3. The maximum absolute atomic E-state index is 9.44. The molecule has 2 N–H and O–H groups in total. The van der Waals surface area contributed by atoms with Crippen LogP contribution in [0.2, 0.25) is 0 Å². The topological polar surface area (TPSA) is 57.5 Å². The molecule has 1 aliphatic heterocycles. The first-order chi connectivity index (χ1) is 9.72. The van der Waals surface area contributed by atoms with Gasteiger partial charge in [0.1, 0.15) is 6.07 Å². The van der Waals surface area contributed by atoms with Crippen molar-refractivity contribution in [3.05, 3.63) is 41.7 Å². The van der Waals surface area contributed by atoms with Crippen LogP contribution in [0.15, 0.2) is 30.6 Å². The molecule has 4 heteroatoms. The summed E-state index contributed by atoms with van der Waals surface area (Å²) < 4.78 is 2.04. The highest BCUT2D eigenvalue weighted by atomic mass is 15.2. The van der Waals surface area contributed by atoms with E-state index in [9.17, 15) is 5.26 Å². The van der Waals surface area contributed by atoms with Crippen LogP contribution < -0.4 is 5.73 Å². The zero-order valence-corrected chi connectivity index (χ0v) is 11.8. The summed E-state index contributed by atoms with van der Waals surface area (Å²) in [5.41, 5.74) is 8.69. The van der Waals surface area contributed by atoms with Gasteiger partial charge in [0.15, 0.2) is 0 Å². The van der Waals surface area contributed by atoms with Crippen LogP contribution in [0.5, 0.6) is 0 Å². The molecule has 3 rings (SSSR count). The SMILES string of the molecule is CC1CC(CN)CN1Cc1cn2ccccc2c1C#N. The van der Waals surface area contributed by atoms with E-state index in [1.54, 1.807) is 0 Å². The Hall–Kier alpha value is -1.83. The smallest absolute Gasteiger partial charge is 0.102 e. The summed E-state index contributed by atoms with van der Waals surface area (Å²) in [5, 5.41) is 9.44. The first kappa shape index (κ1) is 13.2. The van der Waals surface area contributed by atoms with Crippen LogP contribution in [-0.4, -0.2) is 28.4 Å². The summed E-state index contributed by atoms with van der Waals surface area (Å²) in [6.07, 6.45) is 5.23. The summed E-state index contributed by atoms with van der Waals surface area (Å²) in [6.45, 7) is 4.87. The second kappa shape index (κ2) is 5.28. The Morgan fingerprint density at radius 3 is 3.00 bits per heavy atom. The molecule has 2 aromatic heterocycles. The molecule has 1 fully saturated rings. The molecule has 1 aliphatic rings. The van der Waals surface area contributed by atoms with E-state index >= 15 is 0 Å². The predicted molar refractivity (Wildman–Crippen MR) is 79.1 cm³/mol. The van der Waals surface area contributed by atoms with E-state index in [-0.39, 0.29) is 0 Å². The van der Waals surface area contributed by atoms with Crippen molar-refractivity contribution in [1.82, 2.24) is 9.30 Å². The Morgan fingerprint density at radius 1 is 1.45 bits per heavy atom. The van der Waals surface area contributed by atoms with Crippen molar-refractivity contribution < 1.29 is 0 Å². The molecule has 0 aliphatic carbocycles. The monoisotopic (exact) mass is 268 g/mol. The molecule has 2 atom stereocenters. The van der Waals surface area contributed by atoms with Crippen molar-refractivity contribution in [3.63, 3.8) is 0 Å². The average Bonchev–Trinajstić information content (AvgIpc) is 2.99. The van der Waals surface area contributed by atoms with Gasteiger partial charge in [-0.2, -0.15) is 5.26 Å². The summed E-state index contributed by atoms with van der Waals surface area (Å²) in [7, 11) is 0. The van der Waals surface area contributed by atoms with Gasteiger partial charge in [-0.3, -0.25) is 4.90 Å². The van der Waals surface area contributed by atoms with Crippen molar-refractivity contribution in [3.8, 4) is 6.07 Å². The molecule has 20 heavy (non-hydrogen) atoms. The van der Waals surface area contributed by atoms with Crippen LogP contribution in [0.25, 0.3) is 5.52 Å². The number of fused-ring (bicyclic) bond motifs is 1. The van der Waals surface area contributed by atoms with E-state index in [0.717, 1.165) is 42.7 Å². The van der Waals surface area contributed by atoms with Gasteiger partial charge in [0.05, 0.1) is 11.1 Å². The average molecular weight is 268 g/mol. The maximum atomic E-state index is 9.44. The van der Waals surface area contributed by atoms with Gasteiger partial charge < -0.3 is 10.1 Å². The number of nitrogens with two attached hydrogens (primary N) is 1. The van der Waals surface area contributed by atoms with Crippen molar-refractivity contribution in [2.45, 2.75) is 25.9 Å². The van der Waals surface area contributed by atoms with Gasteiger partial charge in [-0.25, -0.2) is 0 Å². The molecular weight excluding hydrogens is 248 g/mol. The Labute approximate surface area is 119 Å². The number of likely N-dealkylation sites (tertiary alicyclic amines) is 1. The lowest BCUT2D eigenvalue weighted by molar-refractivity contribution is 0.256. The van der Waals surface area contributed by atoms with E-state index in [2.05, 4.69) is 24.1 Å². The minimum Gasteiger partial charge on any atom is -0.330 e. The molecule has 0 bridgehead atoms. The predicted octanol–water partition coefficient (Wildman–Crippen LogP) is 1.98. The highest BCUT2D eigenvalue weighted by Gasteiger charge is 2.28. The van der Waals surface area contributed by atoms with Gasteiger partial charge in [-0.15, -0.1) is 0 Å². The number of nitrogens with zero attached hydrogens (tertiary/aromatic N) is 3. The molecule has 0 amide bonds. The van der Waals surface area contributed by atoms with Crippen LogP contribution in [0.1, 0.15) is 24.5 Å². The van der Waals surface area contributed by atoms with Crippen LogP contribution in [0.3, 0.4) is 0 Å². The minimum atomic E-state index is 0.540. The van der Waals surface area contributed by atoms with Crippen LogP contribution in [0.4, 0.5) is 0 Å². The first-order valence-electron chi connectivity index (χ1n) is 7.15. The van der Waals surface area contributed by atoms with Gasteiger partial charge in [0.25, 0.3) is 0 Å². The molecule has 2 unspecified atom stereocenters. The van der Waals surface area contributed by atoms with Crippen molar-refractivity contribution >= 4 is 5.52 Å². The van der Waals surface area contributed by atoms with Crippen molar-refractivity contribution in [1.29, 1.82) is 5.26 Å². The molecule has 1 saturated heterocycles. The Morgan fingerprint density at radius 2 is 2.30 bits per heavy atom. The number of hydrogen-bond acceptors (Lipinski definition) is 3.